The Kier molecular flexibility index (Phi) is 4.88. The minimum atomic E-state index is -0.895. The molecule has 1 atom stereocenters. The molecule has 0 aliphatic heterocycles. The molecule has 0 aliphatic carbocycles. The molecule has 1 aromatic heterocycles. The van der Waals surface area contributed by atoms with Gasteiger partial charge in [-0.1, -0.05) is 42.5 Å². The Hall–Kier alpha value is -3.35. The van der Waals surface area contributed by atoms with Gasteiger partial charge < -0.3 is 11.1 Å². The standard InChI is InChI=1S/C19H20N4O3/c1-22-14-9-5-6-10-15(14)23(19(22)26)12-11-16(24)21-17(18(20)25)13-7-3-2-4-8-13/h2-10,17H,11-12H2,1H3,(H2,20,25)(H,21,24). The Balaban J connectivity index is 1.74. The summed E-state index contributed by atoms with van der Waals surface area (Å²) in [7, 11) is 1.69. The number of nitrogens with two attached hydrogens (primary N) is 1. The van der Waals surface area contributed by atoms with Crippen molar-refractivity contribution >= 4 is 22.8 Å². The Morgan fingerprint density at radius 2 is 1.65 bits per heavy atom. The first-order valence-electron chi connectivity index (χ1n) is 8.27. The summed E-state index contributed by atoms with van der Waals surface area (Å²) in [5.41, 5.74) is 7.42. The molecule has 0 radical (unpaired) electrons. The lowest BCUT2D eigenvalue weighted by molar-refractivity contribution is -0.127. The SMILES string of the molecule is Cn1c(=O)n(CCC(=O)NC(C(N)=O)c2ccccc2)c2ccccc21. The highest BCUT2D eigenvalue weighted by Crippen LogP contribution is 2.14. The molecule has 2 amide bonds. The number of hydrogen-bond acceptors (Lipinski definition) is 3. The van der Waals surface area contributed by atoms with Crippen LogP contribution in [0, 0.1) is 0 Å². The van der Waals surface area contributed by atoms with E-state index in [4.69, 9.17) is 5.73 Å². The molecule has 0 fully saturated rings. The fraction of sp³-hybridized carbons (Fsp3) is 0.211. The first-order valence-corrected chi connectivity index (χ1v) is 8.27. The van der Waals surface area contributed by atoms with Gasteiger partial charge in [-0.2, -0.15) is 0 Å². The summed E-state index contributed by atoms with van der Waals surface area (Å²) in [6, 6.07) is 15.3. The number of carbonyl (C=O) groups excluding carboxylic acids is 2. The van der Waals surface area contributed by atoms with Gasteiger partial charge in [0.05, 0.1) is 11.0 Å². The van der Waals surface area contributed by atoms with Gasteiger partial charge >= 0.3 is 5.69 Å². The minimum Gasteiger partial charge on any atom is -0.368 e. The van der Waals surface area contributed by atoms with Gasteiger partial charge in [-0.3, -0.25) is 18.7 Å². The highest BCUT2D eigenvalue weighted by Gasteiger charge is 2.20. The molecule has 7 nitrogen and oxygen atoms in total. The second-order valence-corrected chi connectivity index (χ2v) is 6.05. The van der Waals surface area contributed by atoms with E-state index < -0.39 is 11.9 Å². The third-order valence-corrected chi connectivity index (χ3v) is 4.34. The fourth-order valence-electron chi connectivity index (χ4n) is 2.99. The van der Waals surface area contributed by atoms with Gasteiger partial charge in [-0.15, -0.1) is 0 Å². The minimum absolute atomic E-state index is 0.0600. The Bertz CT molecular complexity index is 1000. The quantitative estimate of drug-likeness (QED) is 0.694. The van der Waals surface area contributed by atoms with E-state index in [2.05, 4.69) is 5.32 Å². The molecule has 0 saturated heterocycles. The van der Waals surface area contributed by atoms with E-state index >= 15 is 0 Å². The van der Waals surface area contributed by atoms with Crippen molar-refractivity contribution in [1.82, 2.24) is 14.5 Å². The van der Waals surface area contributed by atoms with Crippen LogP contribution in [0.4, 0.5) is 0 Å². The molecule has 3 N–H and O–H groups in total. The van der Waals surface area contributed by atoms with Crippen molar-refractivity contribution in [3.05, 3.63) is 70.6 Å². The van der Waals surface area contributed by atoms with Crippen molar-refractivity contribution in [2.24, 2.45) is 12.8 Å². The number of imidazole rings is 1. The molecule has 7 heteroatoms. The monoisotopic (exact) mass is 352 g/mol. The Morgan fingerprint density at radius 1 is 1.04 bits per heavy atom. The van der Waals surface area contributed by atoms with E-state index in [9.17, 15) is 14.4 Å². The van der Waals surface area contributed by atoms with Crippen molar-refractivity contribution in [3.8, 4) is 0 Å². The smallest absolute Gasteiger partial charge is 0.328 e. The number of aryl methyl sites for hydroxylation is 2. The maximum absolute atomic E-state index is 12.4. The van der Waals surface area contributed by atoms with Gasteiger partial charge in [0.1, 0.15) is 6.04 Å². The second kappa shape index (κ2) is 7.26. The van der Waals surface area contributed by atoms with Crippen LogP contribution in [0.25, 0.3) is 11.0 Å². The molecule has 0 aliphatic rings. The number of aromatic nitrogens is 2. The van der Waals surface area contributed by atoms with E-state index in [0.29, 0.717) is 5.56 Å². The number of rotatable bonds is 6. The molecule has 1 unspecified atom stereocenters. The Labute approximate surface area is 150 Å². The third-order valence-electron chi connectivity index (χ3n) is 4.34. The summed E-state index contributed by atoms with van der Waals surface area (Å²) in [6.07, 6.45) is 0.0600. The number of nitrogens with zero attached hydrogens (tertiary/aromatic N) is 2. The maximum atomic E-state index is 12.4. The van der Waals surface area contributed by atoms with Crippen LogP contribution in [0.5, 0.6) is 0 Å². The first kappa shape index (κ1) is 17.5. The van der Waals surface area contributed by atoms with E-state index in [1.165, 1.54) is 0 Å². The predicted octanol–water partition coefficient (Wildman–Crippen LogP) is 1.07. The molecule has 0 spiro atoms. The van der Waals surface area contributed by atoms with Crippen LogP contribution in [0.1, 0.15) is 18.0 Å². The van der Waals surface area contributed by atoms with Crippen molar-refractivity contribution in [1.29, 1.82) is 0 Å². The van der Waals surface area contributed by atoms with Crippen LogP contribution < -0.4 is 16.7 Å². The zero-order chi connectivity index (χ0) is 18.7. The fourth-order valence-corrected chi connectivity index (χ4v) is 2.99. The second-order valence-electron chi connectivity index (χ2n) is 6.05. The normalized spacial score (nSPS) is 12.0. The van der Waals surface area contributed by atoms with Gasteiger partial charge in [0, 0.05) is 20.0 Å². The van der Waals surface area contributed by atoms with Crippen molar-refractivity contribution < 1.29 is 9.59 Å². The summed E-state index contributed by atoms with van der Waals surface area (Å²) < 4.78 is 3.10. The first-order chi connectivity index (χ1) is 12.5. The predicted molar refractivity (Wildman–Crippen MR) is 98.3 cm³/mol. The molecule has 2 aromatic carbocycles. The van der Waals surface area contributed by atoms with Gasteiger partial charge in [-0.25, -0.2) is 4.79 Å². The summed E-state index contributed by atoms with van der Waals surface area (Å²) >= 11 is 0. The summed E-state index contributed by atoms with van der Waals surface area (Å²) in [4.78, 5) is 36.4. The van der Waals surface area contributed by atoms with Crippen LogP contribution in [-0.4, -0.2) is 20.9 Å². The van der Waals surface area contributed by atoms with E-state index in [-0.39, 0.29) is 24.6 Å². The molecular weight excluding hydrogens is 332 g/mol. The van der Waals surface area contributed by atoms with E-state index in [0.717, 1.165) is 11.0 Å². The zero-order valence-corrected chi connectivity index (χ0v) is 14.4. The van der Waals surface area contributed by atoms with Crippen molar-refractivity contribution in [2.45, 2.75) is 19.0 Å². The zero-order valence-electron chi connectivity index (χ0n) is 14.4. The number of carbonyl (C=O) groups is 2. The van der Waals surface area contributed by atoms with Gasteiger partial charge in [0.15, 0.2) is 0 Å². The number of primary amides is 1. The number of benzene rings is 2. The van der Waals surface area contributed by atoms with Crippen LogP contribution in [0.15, 0.2) is 59.4 Å². The lowest BCUT2D eigenvalue weighted by Crippen LogP contribution is -2.38. The van der Waals surface area contributed by atoms with Gasteiger partial charge in [0.25, 0.3) is 0 Å². The third kappa shape index (κ3) is 3.37. The molecule has 0 bridgehead atoms. The molecule has 134 valence electrons. The molecular formula is C19H20N4O3. The highest BCUT2D eigenvalue weighted by molar-refractivity contribution is 5.87. The van der Waals surface area contributed by atoms with Crippen LogP contribution in [0.2, 0.25) is 0 Å². The molecule has 3 rings (SSSR count). The molecule has 0 saturated carbocycles. The van der Waals surface area contributed by atoms with Crippen molar-refractivity contribution in [2.75, 3.05) is 0 Å². The van der Waals surface area contributed by atoms with Crippen LogP contribution in [0.3, 0.4) is 0 Å². The summed E-state index contributed by atoms with van der Waals surface area (Å²) in [5, 5.41) is 2.64. The maximum Gasteiger partial charge on any atom is 0.328 e. The lowest BCUT2D eigenvalue weighted by atomic mass is 10.1. The number of hydrogen-bond donors (Lipinski definition) is 2. The van der Waals surface area contributed by atoms with E-state index in [1.807, 2.05) is 30.3 Å². The number of amides is 2. The highest BCUT2D eigenvalue weighted by atomic mass is 16.2. The summed E-state index contributed by atoms with van der Waals surface area (Å²) in [6.45, 7) is 0.215. The number of nitrogens with one attached hydrogen (secondary N) is 1. The lowest BCUT2D eigenvalue weighted by Gasteiger charge is -2.16. The van der Waals surface area contributed by atoms with Crippen molar-refractivity contribution in [3.63, 3.8) is 0 Å². The largest absolute Gasteiger partial charge is 0.368 e. The number of para-hydroxylation sites is 2. The molecule has 26 heavy (non-hydrogen) atoms. The van der Waals surface area contributed by atoms with Crippen LogP contribution >= 0.6 is 0 Å². The van der Waals surface area contributed by atoms with E-state index in [1.54, 1.807) is 40.4 Å². The average Bonchev–Trinajstić information content (AvgIpc) is 2.89. The Morgan fingerprint density at radius 3 is 2.31 bits per heavy atom. The topological polar surface area (TPSA) is 99.1 Å². The van der Waals surface area contributed by atoms with Crippen LogP contribution in [-0.2, 0) is 23.2 Å². The molecule has 1 heterocycles. The average molecular weight is 352 g/mol. The number of fused-ring (bicyclic) bond motifs is 1. The van der Waals surface area contributed by atoms with Gasteiger partial charge in [-0.05, 0) is 17.7 Å². The van der Waals surface area contributed by atoms with Gasteiger partial charge in [0.2, 0.25) is 11.8 Å². The molecule has 3 aromatic rings. The summed E-state index contributed by atoms with van der Waals surface area (Å²) in [5.74, 6) is -0.982.